The second kappa shape index (κ2) is 5.15. The van der Waals surface area contributed by atoms with E-state index in [2.05, 4.69) is 47.1 Å². The van der Waals surface area contributed by atoms with Gasteiger partial charge in [-0.3, -0.25) is 0 Å². The molecule has 2 aromatic rings. The van der Waals surface area contributed by atoms with E-state index in [0.29, 0.717) is 5.92 Å². The molecule has 1 atom stereocenters. The quantitative estimate of drug-likeness (QED) is 0.871. The van der Waals surface area contributed by atoms with Crippen molar-refractivity contribution in [3.8, 4) is 0 Å². The lowest BCUT2D eigenvalue weighted by Crippen LogP contribution is -2.29. The fourth-order valence-corrected chi connectivity index (χ4v) is 3.15. The number of nitrogens with zero attached hydrogens (tertiary/aromatic N) is 1. The van der Waals surface area contributed by atoms with Crippen LogP contribution in [0.3, 0.4) is 0 Å². The van der Waals surface area contributed by atoms with Crippen molar-refractivity contribution >= 4 is 10.9 Å². The Balaban J connectivity index is 2.05. The number of hydrogen-bond donors (Lipinski definition) is 1. The molecule has 0 radical (unpaired) electrons. The average molecular weight is 242 g/mol. The second-order valence-corrected chi connectivity index (χ2v) is 5.32. The maximum Gasteiger partial charge on any atom is 0.0482 e. The minimum Gasteiger partial charge on any atom is -0.344 e. The van der Waals surface area contributed by atoms with Crippen LogP contribution in [0, 0.1) is 0 Å². The fraction of sp³-hybridized carbons (Fsp3) is 0.500. The van der Waals surface area contributed by atoms with Gasteiger partial charge in [0, 0.05) is 30.2 Å². The van der Waals surface area contributed by atoms with Crippen LogP contribution in [0.5, 0.6) is 0 Å². The predicted octanol–water partition coefficient (Wildman–Crippen LogP) is 3.52. The molecule has 2 heterocycles. The molecule has 18 heavy (non-hydrogen) atoms. The summed E-state index contributed by atoms with van der Waals surface area (Å²) in [4.78, 5) is 0. The maximum absolute atomic E-state index is 3.53. The van der Waals surface area contributed by atoms with E-state index in [-0.39, 0.29) is 0 Å². The molecule has 1 aromatic carbocycles. The molecule has 1 aromatic heterocycles. The minimum atomic E-state index is 0.692. The number of hydrogen-bond acceptors (Lipinski definition) is 1. The van der Waals surface area contributed by atoms with Crippen LogP contribution in [0.4, 0.5) is 0 Å². The number of fused-ring (bicyclic) bond motifs is 1. The molecule has 0 aliphatic carbocycles. The number of aryl methyl sites for hydroxylation is 1. The topological polar surface area (TPSA) is 17.0 Å². The summed E-state index contributed by atoms with van der Waals surface area (Å²) in [6.07, 6.45) is 3.83. The molecule has 0 amide bonds. The molecule has 1 fully saturated rings. The van der Waals surface area contributed by atoms with Crippen LogP contribution in [0.1, 0.15) is 37.8 Å². The van der Waals surface area contributed by atoms with Gasteiger partial charge in [-0.2, -0.15) is 0 Å². The van der Waals surface area contributed by atoms with Gasteiger partial charge in [0.2, 0.25) is 0 Å². The molecular weight excluding hydrogens is 220 g/mol. The summed E-state index contributed by atoms with van der Waals surface area (Å²) in [6.45, 7) is 5.72. The van der Waals surface area contributed by atoms with E-state index in [1.54, 1.807) is 0 Å². The van der Waals surface area contributed by atoms with Gasteiger partial charge in [0.15, 0.2) is 0 Å². The zero-order chi connectivity index (χ0) is 12.4. The van der Waals surface area contributed by atoms with Gasteiger partial charge in [-0.05, 0) is 43.3 Å². The SMILES string of the molecule is CCCn1c([C@H]2CCCNC2)cc2ccccc21. The van der Waals surface area contributed by atoms with Crippen LogP contribution in [-0.4, -0.2) is 17.7 Å². The number of para-hydroxylation sites is 1. The third kappa shape index (κ3) is 2.05. The van der Waals surface area contributed by atoms with E-state index >= 15 is 0 Å². The molecular formula is C16H22N2. The van der Waals surface area contributed by atoms with Crippen LogP contribution >= 0.6 is 0 Å². The number of piperidine rings is 1. The Kier molecular flexibility index (Phi) is 3.37. The van der Waals surface area contributed by atoms with Gasteiger partial charge in [-0.1, -0.05) is 25.1 Å². The van der Waals surface area contributed by atoms with Crippen molar-refractivity contribution in [2.75, 3.05) is 13.1 Å². The minimum absolute atomic E-state index is 0.692. The zero-order valence-electron chi connectivity index (χ0n) is 11.2. The van der Waals surface area contributed by atoms with Gasteiger partial charge in [-0.15, -0.1) is 0 Å². The lowest BCUT2D eigenvalue weighted by atomic mass is 9.96. The first-order valence-corrected chi connectivity index (χ1v) is 7.19. The van der Waals surface area contributed by atoms with Crippen molar-refractivity contribution in [3.63, 3.8) is 0 Å². The highest BCUT2D eigenvalue weighted by Crippen LogP contribution is 2.29. The van der Waals surface area contributed by atoms with Crippen LogP contribution < -0.4 is 5.32 Å². The van der Waals surface area contributed by atoms with Gasteiger partial charge >= 0.3 is 0 Å². The van der Waals surface area contributed by atoms with Gasteiger partial charge in [0.25, 0.3) is 0 Å². The van der Waals surface area contributed by atoms with Gasteiger partial charge < -0.3 is 9.88 Å². The van der Waals surface area contributed by atoms with Gasteiger partial charge in [0.05, 0.1) is 0 Å². The molecule has 1 N–H and O–H groups in total. The molecule has 1 aliphatic heterocycles. The van der Waals surface area contributed by atoms with E-state index in [1.807, 2.05) is 0 Å². The highest BCUT2D eigenvalue weighted by Gasteiger charge is 2.19. The average Bonchev–Trinajstić information content (AvgIpc) is 2.80. The molecule has 0 spiro atoms. The lowest BCUT2D eigenvalue weighted by Gasteiger charge is -2.24. The second-order valence-electron chi connectivity index (χ2n) is 5.32. The Morgan fingerprint density at radius 1 is 1.33 bits per heavy atom. The lowest BCUT2D eigenvalue weighted by molar-refractivity contribution is 0.441. The summed E-state index contributed by atoms with van der Waals surface area (Å²) in [6, 6.07) is 11.2. The summed E-state index contributed by atoms with van der Waals surface area (Å²) in [7, 11) is 0. The highest BCUT2D eigenvalue weighted by atomic mass is 15.0. The van der Waals surface area contributed by atoms with E-state index in [4.69, 9.17) is 0 Å². The normalized spacial score (nSPS) is 20.4. The van der Waals surface area contributed by atoms with Gasteiger partial charge in [0.1, 0.15) is 0 Å². The highest BCUT2D eigenvalue weighted by molar-refractivity contribution is 5.81. The summed E-state index contributed by atoms with van der Waals surface area (Å²) in [5.41, 5.74) is 2.94. The molecule has 1 saturated heterocycles. The Labute approximate surface area is 109 Å². The van der Waals surface area contributed by atoms with E-state index in [9.17, 15) is 0 Å². The summed E-state index contributed by atoms with van der Waals surface area (Å²) in [5, 5.41) is 4.93. The number of rotatable bonds is 3. The van der Waals surface area contributed by atoms with Crippen molar-refractivity contribution in [1.82, 2.24) is 9.88 Å². The van der Waals surface area contributed by atoms with Crippen molar-refractivity contribution < 1.29 is 0 Å². The Morgan fingerprint density at radius 2 is 2.22 bits per heavy atom. The first kappa shape index (κ1) is 11.8. The molecule has 0 bridgehead atoms. The molecule has 3 rings (SSSR count). The standard InChI is InChI=1S/C16H22N2/c1-2-10-18-15-8-4-3-6-13(15)11-16(18)14-7-5-9-17-12-14/h3-4,6,8,11,14,17H,2,5,7,9-10,12H2,1H3/t14-/m0/s1. The van der Waals surface area contributed by atoms with Crippen molar-refractivity contribution in [3.05, 3.63) is 36.0 Å². The van der Waals surface area contributed by atoms with E-state index in [0.717, 1.165) is 13.1 Å². The summed E-state index contributed by atoms with van der Waals surface area (Å²) in [5.74, 6) is 0.692. The summed E-state index contributed by atoms with van der Waals surface area (Å²) < 4.78 is 2.53. The van der Waals surface area contributed by atoms with E-state index < -0.39 is 0 Å². The Morgan fingerprint density at radius 3 is 3.00 bits per heavy atom. The molecule has 96 valence electrons. The largest absolute Gasteiger partial charge is 0.344 e. The zero-order valence-corrected chi connectivity index (χ0v) is 11.2. The number of aromatic nitrogens is 1. The third-order valence-electron chi connectivity index (χ3n) is 4.00. The fourth-order valence-electron chi connectivity index (χ4n) is 3.15. The van der Waals surface area contributed by atoms with E-state index in [1.165, 1.54) is 42.4 Å². The van der Waals surface area contributed by atoms with Crippen molar-refractivity contribution in [1.29, 1.82) is 0 Å². The molecule has 2 heteroatoms. The van der Waals surface area contributed by atoms with Gasteiger partial charge in [-0.25, -0.2) is 0 Å². The van der Waals surface area contributed by atoms with Crippen LogP contribution in [0.25, 0.3) is 10.9 Å². The molecule has 1 aliphatic rings. The maximum atomic E-state index is 3.53. The third-order valence-corrected chi connectivity index (χ3v) is 4.00. The Hall–Kier alpha value is -1.28. The van der Waals surface area contributed by atoms with Crippen molar-refractivity contribution in [2.45, 2.75) is 38.6 Å². The van der Waals surface area contributed by atoms with Crippen LogP contribution in [0.15, 0.2) is 30.3 Å². The first-order valence-electron chi connectivity index (χ1n) is 7.19. The first-order chi connectivity index (χ1) is 8.90. The Bertz CT molecular complexity index is 521. The van der Waals surface area contributed by atoms with Crippen LogP contribution in [-0.2, 0) is 6.54 Å². The smallest absolute Gasteiger partial charge is 0.0482 e. The van der Waals surface area contributed by atoms with Crippen LogP contribution in [0.2, 0.25) is 0 Å². The van der Waals surface area contributed by atoms with Crippen molar-refractivity contribution in [2.24, 2.45) is 0 Å². The number of benzene rings is 1. The molecule has 2 nitrogen and oxygen atoms in total. The number of nitrogens with one attached hydrogen (secondary N) is 1. The predicted molar refractivity (Wildman–Crippen MR) is 77.1 cm³/mol. The monoisotopic (exact) mass is 242 g/mol. The molecule has 0 unspecified atom stereocenters. The molecule has 0 saturated carbocycles. The summed E-state index contributed by atoms with van der Waals surface area (Å²) >= 11 is 0.